The predicted octanol–water partition coefficient (Wildman–Crippen LogP) is 3.48. The van der Waals surface area contributed by atoms with E-state index in [2.05, 4.69) is 57.2 Å². The van der Waals surface area contributed by atoms with E-state index < -0.39 is 5.97 Å². The minimum absolute atomic E-state index is 0.199. The molecular formula is C26H35N3O3. The topological polar surface area (TPSA) is 64.1 Å². The van der Waals surface area contributed by atoms with Gasteiger partial charge in [0, 0.05) is 71.0 Å². The van der Waals surface area contributed by atoms with Gasteiger partial charge in [0.2, 0.25) is 0 Å². The van der Waals surface area contributed by atoms with E-state index >= 15 is 0 Å². The van der Waals surface area contributed by atoms with Gasteiger partial charge in [-0.25, -0.2) is 0 Å². The Balaban J connectivity index is 1.42. The lowest BCUT2D eigenvalue weighted by Gasteiger charge is -2.36. The number of ketones is 1. The molecule has 0 unspecified atom stereocenters. The molecule has 0 spiro atoms. The molecular weight excluding hydrogens is 402 g/mol. The molecule has 6 nitrogen and oxygen atoms in total. The van der Waals surface area contributed by atoms with E-state index in [9.17, 15) is 9.59 Å². The number of carboxylic acid groups (broad SMARTS) is 1. The molecule has 0 atom stereocenters. The van der Waals surface area contributed by atoms with Gasteiger partial charge in [0.05, 0.1) is 6.42 Å². The van der Waals surface area contributed by atoms with E-state index in [4.69, 9.17) is 5.11 Å². The lowest BCUT2D eigenvalue weighted by Crippen LogP contribution is -2.46. The molecule has 0 aromatic heterocycles. The first kappa shape index (κ1) is 23.8. The van der Waals surface area contributed by atoms with Gasteiger partial charge in [0.1, 0.15) is 5.78 Å². The van der Waals surface area contributed by atoms with Crippen LogP contribution in [0.4, 0.5) is 11.4 Å². The van der Waals surface area contributed by atoms with Crippen LogP contribution in [-0.2, 0) is 22.4 Å². The number of hydrogen-bond acceptors (Lipinski definition) is 5. The molecule has 32 heavy (non-hydrogen) atoms. The Morgan fingerprint density at radius 3 is 2.28 bits per heavy atom. The Morgan fingerprint density at radius 1 is 0.938 bits per heavy atom. The van der Waals surface area contributed by atoms with Crippen molar-refractivity contribution in [1.29, 1.82) is 0 Å². The summed E-state index contributed by atoms with van der Waals surface area (Å²) >= 11 is 0. The number of hydrogen-bond donors (Lipinski definition) is 1. The highest BCUT2D eigenvalue weighted by molar-refractivity contribution is 5.81. The van der Waals surface area contributed by atoms with E-state index in [1.54, 1.807) is 0 Å². The fourth-order valence-electron chi connectivity index (χ4n) is 4.26. The van der Waals surface area contributed by atoms with Crippen molar-refractivity contribution in [1.82, 2.24) is 4.90 Å². The summed E-state index contributed by atoms with van der Waals surface area (Å²) in [6.45, 7) is 4.17. The monoisotopic (exact) mass is 437 g/mol. The van der Waals surface area contributed by atoms with Gasteiger partial charge in [-0.3, -0.25) is 14.5 Å². The molecule has 0 bridgehead atoms. The minimum atomic E-state index is -0.740. The van der Waals surface area contributed by atoms with Gasteiger partial charge in [-0.2, -0.15) is 0 Å². The van der Waals surface area contributed by atoms with E-state index in [-0.39, 0.29) is 12.2 Å². The molecule has 1 N–H and O–H groups in total. The molecule has 3 rings (SSSR count). The molecule has 2 aromatic rings. The van der Waals surface area contributed by atoms with E-state index in [0.717, 1.165) is 44.6 Å². The van der Waals surface area contributed by atoms with Gasteiger partial charge in [0.25, 0.3) is 0 Å². The molecule has 172 valence electrons. The van der Waals surface area contributed by atoms with Crippen molar-refractivity contribution >= 4 is 23.1 Å². The van der Waals surface area contributed by atoms with Crippen LogP contribution >= 0.6 is 0 Å². The Bertz CT molecular complexity index is 887. The molecule has 0 radical (unpaired) electrons. The molecule has 0 saturated carbocycles. The van der Waals surface area contributed by atoms with Crippen LogP contribution in [0.3, 0.4) is 0 Å². The third-order valence-corrected chi connectivity index (χ3v) is 6.09. The van der Waals surface area contributed by atoms with Gasteiger partial charge in [-0.15, -0.1) is 0 Å². The number of rotatable bonds is 11. The third-order valence-electron chi connectivity index (χ3n) is 6.09. The first-order valence-corrected chi connectivity index (χ1v) is 11.5. The molecule has 1 heterocycles. The van der Waals surface area contributed by atoms with Gasteiger partial charge in [-0.05, 0) is 42.2 Å². The van der Waals surface area contributed by atoms with Gasteiger partial charge in [0.15, 0.2) is 0 Å². The first-order chi connectivity index (χ1) is 15.4. The first-order valence-electron chi connectivity index (χ1n) is 11.5. The average molecular weight is 438 g/mol. The van der Waals surface area contributed by atoms with E-state index in [1.807, 2.05) is 20.2 Å². The van der Waals surface area contributed by atoms with Crippen molar-refractivity contribution in [2.75, 3.05) is 56.6 Å². The van der Waals surface area contributed by atoms with Crippen molar-refractivity contribution in [3.05, 3.63) is 59.7 Å². The number of nitrogens with zero attached hydrogens (tertiary/aromatic N) is 3. The maximum atomic E-state index is 12.5. The number of aryl methyl sites for hydroxylation is 1. The number of carboxylic acids is 1. The largest absolute Gasteiger partial charge is 0.481 e. The van der Waals surface area contributed by atoms with Crippen LogP contribution in [0.15, 0.2) is 48.5 Å². The van der Waals surface area contributed by atoms with E-state index in [1.165, 1.54) is 16.9 Å². The highest BCUT2D eigenvalue weighted by Crippen LogP contribution is 2.21. The van der Waals surface area contributed by atoms with Gasteiger partial charge < -0.3 is 14.9 Å². The number of piperazine rings is 1. The molecule has 2 aromatic carbocycles. The fraction of sp³-hybridized carbons (Fsp3) is 0.462. The zero-order valence-corrected chi connectivity index (χ0v) is 19.3. The standard InChI is InChI=1S/C26H35N3O3/c1-27(2)25-9-4-3-6-22(25)7-5-8-24(30)20-21-10-12-23(13-11-21)29-18-16-28(17-19-29)15-14-26(31)32/h3-4,6,9-13H,5,7-8,14-20H2,1-2H3,(H,31,32). The summed E-state index contributed by atoms with van der Waals surface area (Å²) in [5.41, 5.74) is 4.74. The third kappa shape index (κ3) is 7.09. The van der Waals surface area contributed by atoms with Crippen LogP contribution in [0.5, 0.6) is 0 Å². The summed E-state index contributed by atoms with van der Waals surface area (Å²) in [5, 5.41) is 8.83. The highest BCUT2D eigenvalue weighted by atomic mass is 16.4. The molecule has 1 aliphatic heterocycles. The highest BCUT2D eigenvalue weighted by Gasteiger charge is 2.17. The maximum absolute atomic E-state index is 12.5. The number of anilines is 2. The number of carbonyl (C=O) groups excluding carboxylic acids is 1. The lowest BCUT2D eigenvalue weighted by atomic mass is 10.0. The SMILES string of the molecule is CN(C)c1ccccc1CCCC(=O)Cc1ccc(N2CCN(CCC(=O)O)CC2)cc1. The second-order valence-corrected chi connectivity index (χ2v) is 8.73. The number of carbonyl (C=O) groups is 2. The molecule has 1 aliphatic rings. The second kappa shape index (κ2) is 11.7. The van der Waals surface area contributed by atoms with Crippen LogP contribution < -0.4 is 9.80 Å². The summed E-state index contributed by atoms with van der Waals surface area (Å²) in [6.07, 6.45) is 3.07. The van der Waals surface area contributed by atoms with Crippen molar-refractivity contribution in [3.63, 3.8) is 0 Å². The Hall–Kier alpha value is -2.86. The van der Waals surface area contributed by atoms with Crippen LogP contribution in [0, 0.1) is 0 Å². The summed E-state index contributed by atoms with van der Waals surface area (Å²) in [5.74, 6) is -0.455. The summed E-state index contributed by atoms with van der Waals surface area (Å²) < 4.78 is 0. The zero-order valence-electron chi connectivity index (χ0n) is 19.3. The Kier molecular flexibility index (Phi) is 8.68. The minimum Gasteiger partial charge on any atom is -0.481 e. The fourth-order valence-corrected chi connectivity index (χ4v) is 4.26. The smallest absolute Gasteiger partial charge is 0.304 e. The van der Waals surface area contributed by atoms with E-state index in [0.29, 0.717) is 19.4 Å². The van der Waals surface area contributed by atoms with Crippen LogP contribution in [0.2, 0.25) is 0 Å². The average Bonchev–Trinajstić information content (AvgIpc) is 2.79. The summed E-state index contributed by atoms with van der Waals surface area (Å²) in [6, 6.07) is 16.7. The second-order valence-electron chi connectivity index (χ2n) is 8.73. The maximum Gasteiger partial charge on any atom is 0.304 e. The van der Waals surface area contributed by atoms with Crippen LogP contribution in [0.25, 0.3) is 0 Å². The van der Waals surface area contributed by atoms with Crippen LogP contribution in [0.1, 0.15) is 30.4 Å². The molecule has 6 heteroatoms. The van der Waals surface area contributed by atoms with Gasteiger partial charge >= 0.3 is 5.97 Å². The number of benzene rings is 2. The predicted molar refractivity (Wildman–Crippen MR) is 130 cm³/mol. The van der Waals surface area contributed by atoms with Crippen molar-refractivity contribution in [3.8, 4) is 0 Å². The van der Waals surface area contributed by atoms with Crippen LogP contribution in [-0.4, -0.2) is 68.6 Å². The number of aliphatic carboxylic acids is 1. The van der Waals surface area contributed by atoms with Crippen molar-refractivity contribution in [2.24, 2.45) is 0 Å². The van der Waals surface area contributed by atoms with Crippen molar-refractivity contribution < 1.29 is 14.7 Å². The van der Waals surface area contributed by atoms with Gasteiger partial charge in [-0.1, -0.05) is 30.3 Å². The Labute approximate surface area is 191 Å². The number of para-hydroxylation sites is 1. The summed E-state index contributed by atoms with van der Waals surface area (Å²) in [7, 11) is 4.10. The molecule has 1 saturated heterocycles. The molecule has 1 fully saturated rings. The normalized spacial score (nSPS) is 14.4. The summed E-state index contributed by atoms with van der Waals surface area (Å²) in [4.78, 5) is 29.9. The molecule has 0 amide bonds. The lowest BCUT2D eigenvalue weighted by molar-refractivity contribution is -0.137. The Morgan fingerprint density at radius 2 is 1.62 bits per heavy atom. The number of Topliss-reactive ketones (excluding diaryl/α,β-unsaturated/α-hetero) is 1. The van der Waals surface area contributed by atoms with Crippen molar-refractivity contribution in [2.45, 2.75) is 32.1 Å². The quantitative estimate of drug-likeness (QED) is 0.581. The molecule has 0 aliphatic carbocycles. The zero-order chi connectivity index (χ0) is 22.9.